The Morgan fingerprint density at radius 2 is 1.00 bits per heavy atom. The number of rotatable bonds is 17. The summed E-state index contributed by atoms with van der Waals surface area (Å²) in [4.78, 5) is 0. The summed E-state index contributed by atoms with van der Waals surface area (Å²) in [5, 5.41) is 6.68. The van der Waals surface area contributed by atoms with Gasteiger partial charge in [-0.1, -0.05) is 116 Å². The predicted molar refractivity (Wildman–Crippen MR) is 179 cm³/mol. The van der Waals surface area contributed by atoms with Gasteiger partial charge >= 0.3 is 0 Å². The van der Waals surface area contributed by atoms with Gasteiger partial charge in [0, 0.05) is 10.2 Å². The molecule has 0 saturated heterocycles. The summed E-state index contributed by atoms with van der Waals surface area (Å²) < 4.78 is 14.7. The van der Waals surface area contributed by atoms with Crippen molar-refractivity contribution in [3.63, 3.8) is 0 Å². The van der Waals surface area contributed by atoms with Crippen molar-refractivity contribution in [1.82, 2.24) is 0 Å². The van der Waals surface area contributed by atoms with Crippen LogP contribution in [0.1, 0.15) is 90.9 Å². The van der Waals surface area contributed by atoms with E-state index in [1.807, 2.05) is 0 Å². The molecule has 0 bridgehead atoms. The molecule has 1 aromatic heterocycles. The fourth-order valence-corrected chi connectivity index (χ4v) is 9.15. The molecule has 5 heteroatoms. The molecule has 0 aliphatic rings. The summed E-state index contributed by atoms with van der Waals surface area (Å²) in [7, 11) is -0.650. The number of hydrogen-bond donors (Lipinski definition) is 0. The van der Waals surface area contributed by atoms with Crippen LogP contribution in [0.25, 0.3) is 26.3 Å². The van der Waals surface area contributed by atoms with Crippen molar-refractivity contribution in [2.24, 2.45) is 0 Å². The number of ether oxygens (including phenoxy) is 2. The van der Waals surface area contributed by atoms with Crippen LogP contribution in [0, 0.1) is 0 Å². The van der Waals surface area contributed by atoms with Gasteiger partial charge in [-0.15, -0.1) is 0 Å². The first-order valence-electron chi connectivity index (χ1n) is 14.9. The van der Waals surface area contributed by atoms with Crippen LogP contribution in [0.2, 0.25) is 0 Å². The highest BCUT2D eigenvalue weighted by Crippen LogP contribution is 2.57. The van der Waals surface area contributed by atoms with Gasteiger partial charge in [-0.05, 0) is 85.0 Å². The van der Waals surface area contributed by atoms with Crippen LogP contribution in [0.3, 0.4) is 0 Å². The van der Waals surface area contributed by atoms with Gasteiger partial charge < -0.3 is 9.47 Å². The van der Waals surface area contributed by atoms with Crippen molar-refractivity contribution in [3.8, 4) is 16.8 Å². The highest BCUT2D eigenvalue weighted by molar-refractivity contribution is 9.11. The van der Waals surface area contributed by atoms with Crippen molar-refractivity contribution in [2.75, 3.05) is 13.2 Å². The average Bonchev–Trinajstić information content (AvgIpc) is 3.24. The predicted octanol–water partition coefficient (Wildman–Crippen LogP) is 13.0. The number of fused-ring (bicyclic) bond motifs is 3. The molecule has 0 fully saturated rings. The molecule has 2 nitrogen and oxygen atoms in total. The fourth-order valence-electron chi connectivity index (χ4n) is 5.22. The number of benzene rings is 3. The van der Waals surface area contributed by atoms with E-state index in [-0.39, 0.29) is 0 Å². The third-order valence-electron chi connectivity index (χ3n) is 7.40. The van der Waals surface area contributed by atoms with Crippen molar-refractivity contribution >= 4 is 60.4 Å². The highest BCUT2D eigenvalue weighted by Gasteiger charge is 2.18. The lowest BCUT2D eigenvalue weighted by molar-refractivity contribution is 0.302. The Bertz CT molecular complexity index is 1230. The minimum Gasteiger partial charge on any atom is -0.492 e. The first-order chi connectivity index (χ1) is 19.1. The largest absolute Gasteiger partial charge is 0.492 e. The molecule has 0 unspecified atom stereocenters. The van der Waals surface area contributed by atoms with Gasteiger partial charge in [-0.2, -0.15) is 0 Å². The molecule has 0 aliphatic heterocycles. The van der Waals surface area contributed by atoms with E-state index in [2.05, 4.69) is 100 Å². The summed E-state index contributed by atoms with van der Waals surface area (Å²) in [5.41, 5.74) is 0. The molecule has 0 spiro atoms. The molecule has 39 heavy (non-hydrogen) atoms. The Kier molecular flexibility index (Phi) is 12.6. The fraction of sp³-hybridized carbons (Fsp3) is 0.471. The van der Waals surface area contributed by atoms with Gasteiger partial charge in [0.15, 0.2) is 0 Å². The Morgan fingerprint density at radius 3 is 1.46 bits per heavy atom. The first-order valence-corrected chi connectivity index (χ1v) is 17.8. The molecule has 0 aliphatic carbocycles. The second-order valence-electron chi connectivity index (χ2n) is 10.5. The van der Waals surface area contributed by atoms with E-state index in [4.69, 9.17) is 9.47 Å². The Balaban J connectivity index is 1.60. The van der Waals surface area contributed by atoms with Crippen LogP contribution in [-0.4, -0.2) is 13.2 Å². The summed E-state index contributed by atoms with van der Waals surface area (Å²) in [6.07, 6.45) is 15.2. The lowest BCUT2D eigenvalue weighted by Gasteiger charge is -2.10. The SMILES string of the molecule is CCCCCCCCOc1cc2c3cc(OCCCCCCCC)c(Br)cc3p(-c3ccccc3)c2cc1Br. The van der Waals surface area contributed by atoms with Crippen LogP contribution in [0.15, 0.2) is 63.5 Å². The summed E-state index contributed by atoms with van der Waals surface area (Å²) >= 11 is 7.69. The Morgan fingerprint density at radius 1 is 0.564 bits per heavy atom. The zero-order valence-corrected chi connectivity index (χ0v) is 27.7. The molecule has 4 rings (SSSR count). The minimum absolute atomic E-state index is 0.650. The van der Waals surface area contributed by atoms with Crippen LogP contribution in [0.5, 0.6) is 11.5 Å². The maximum atomic E-state index is 6.32. The van der Waals surface area contributed by atoms with E-state index in [1.165, 1.54) is 90.5 Å². The first kappa shape index (κ1) is 30.5. The van der Waals surface area contributed by atoms with Gasteiger partial charge in [0.05, 0.1) is 22.2 Å². The molecule has 0 N–H and O–H groups in total. The molecule has 3 aromatic carbocycles. The summed E-state index contributed by atoms with van der Waals surface area (Å²) in [6, 6.07) is 20.0. The van der Waals surface area contributed by atoms with Crippen molar-refractivity contribution < 1.29 is 9.47 Å². The molecule has 4 aromatic rings. The van der Waals surface area contributed by atoms with Crippen LogP contribution < -0.4 is 9.47 Å². The topological polar surface area (TPSA) is 18.5 Å². The standard InChI is InChI=1S/C34H43Br2O2P/c1-3-5-7-9-11-16-20-37-31-22-27-28-23-32(38-21-17-12-10-8-6-4-2)30(36)25-34(28)39(33(27)24-29(31)35)26-18-14-13-15-19-26/h13-15,18-19,22-25H,3-12,16-17,20-21H2,1-2H3. The number of halogens is 2. The van der Waals surface area contributed by atoms with E-state index < -0.39 is 7.53 Å². The molecule has 0 atom stereocenters. The molecule has 210 valence electrons. The Hall–Kier alpha value is -1.48. The molecule has 0 saturated carbocycles. The van der Waals surface area contributed by atoms with Gasteiger partial charge in [0.25, 0.3) is 0 Å². The third-order valence-corrected chi connectivity index (χ3v) is 11.2. The normalized spacial score (nSPS) is 11.5. The summed E-state index contributed by atoms with van der Waals surface area (Å²) in [6.45, 7) is 6.05. The second-order valence-corrected chi connectivity index (χ2v) is 14.4. The number of hydrogen-bond acceptors (Lipinski definition) is 2. The van der Waals surface area contributed by atoms with Crippen LogP contribution in [-0.2, 0) is 0 Å². The monoisotopic (exact) mass is 672 g/mol. The zero-order valence-electron chi connectivity index (χ0n) is 23.6. The molecule has 0 radical (unpaired) electrons. The minimum atomic E-state index is -0.650. The van der Waals surface area contributed by atoms with Crippen LogP contribution in [0.4, 0.5) is 0 Å². The van der Waals surface area contributed by atoms with Gasteiger partial charge in [-0.25, -0.2) is 0 Å². The lowest BCUT2D eigenvalue weighted by atomic mass is 10.1. The molecule has 1 heterocycles. The van der Waals surface area contributed by atoms with Gasteiger partial charge in [0.1, 0.15) is 11.5 Å². The van der Waals surface area contributed by atoms with Gasteiger partial charge in [0.2, 0.25) is 0 Å². The van der Waals surface area contributed by atoms with Crippen molar-refractivity contribution in [3.05, 3.63) is 63.5 Å². The molecule has 0 amide bonds. The van der Waals surface area contributed by atoms with E-state index in [1.54, 1.807) is 0 Å². The molecular weight excluding hydrogens is 631 g/mol. The maximum Gasteiger partial charge on any atom is 0.134 e. The van der Waals surface area contributed by atoms with E-state index >= 15 is 0 Å². The quantitative estimate of drug-likeness (QED) is 0.104. The number of unbranched alkanes of at least 4 members (excludes halogenated alkanes) is 10. The maximum absolute atomic E-state index is 6.32. The van der Waals surface area contributed by atoms with Crippen molar-refractivity contribution in [1.29, 1.82) is 0 Å². The summed E-state index contributed by atoms with van der Waals surface area (Å²) in [5.74, 6) is 1.88. The molecular formula is C34H43Br2O2P. The smallest absolute Gasteiger partial charge is 0.134 e. The van der Waals surface area contributed by atoms with Gasteiger partial charge in [-0.3, -0.25) is 0 Å². The van der Waals surface area contributed by atoms with Crippen LogP contribution >= 0.6 is 39.4 Å². The highest BCUT2D eigenvalue weighted by atomic mass is 79.9. The van der Waals surface area contributed by atoms with E-state index in [9.17, 15) is 0 Å². The second kappa shape index (κ2) is 16.1. The lowest BCUT2D eigenvalue weighted by Crippen LogP contribution is -1.98. The average molecular weight is 674 g/mol. The van der Waals surface area contributed by atoms with E-state index in [0.29, 0.717) is 0 Å². The Labute approximate surface area is 253 Å². The van der Waals surface area contributed by atoms with E-state index in [0.717, 1.165) is 46.5 Å². The zero-order chi connectivity index (χ0) is 27.5. The van der Waals surface area contributed by atoms with Crippen molar-refractivity contribution in [2.45, 2.75) is 90.9 Å². The third kappa shape index (κ3) is 8.27.